The van der Waals surface area contributed by atoms with Gasteiger partial charge in [-0.25, -0.2) is 9.36 Å². The molecule has 0 saturated carbocycles. The SMILES string of the molecule is Cc1cn([C@H]2C[C@H](N=[N+]=[N-])[C@@H](COP(=O)(O)OC[C@H]3OC(O)[C@H](O)[C@@H](O)[C@@H]3O)O2)c(=O)[nH]c1=O. The van der Waals surface area contributed by atoms with Crippen LogP contribution in [-0.4, -0.2) is 90.9 Å². The first-order chi connectivity index (χ1) is 15.9. The summed E-state index contributed by atoms with van der Waals surface area (Å²) >= 11 is 0. The Hall–Kier alpha value is -2.14. The van der Waals surface area contributed by atoms with Crippen molar-refractivity contribution in [1.82, 2.24) is 9.55 Å². The second kappa shape index (κ2) is 10.6. The predicted octanol–water partition coefficient (Wildman–Crippen LogP) is -2.26. The zero-order valence-electron chi connectivity index (χ0n) is 17.6. The lowest BCUT2D eigenvalue weighted by atomic mass is 10.00. The minimum Gasteiger partial charge on any atom is -0.387 e. The number of nitrogens with zero attached hydrogens (tertiary/aromatic N) is 4. The van der Waals surface area contributed by atoms with E-state index in [1.54, 1.807) is 0 Å². The second-order valence-corrected chi connectivity index (χ2v) is 9.17. The molecule has 3 rings (SSSR count). The number of H-pyrrole nitrogens is 1. The van der Waals surface area contributed by atoms with Crippen LogP contribution in [0.1, 0.15) is 18.2 Å². The quantitative estimate of drug-likeness (QED) is 0.0939. The van der Waals surface area contributed by atoms with Gasteiger partial charge < -0.3 is 34.8 Å². The van der Waals surface area contributed by atoms with E-state index in [9.17, 15) is 39.5 Å². The average Bonchev–Trinajstić information content (AvgIpc) is 3.18. The van der Waals surface area contributed by atoms with Gasteiger partial charge in [0.2, 0.25) is 0 Å². The molecular weight excluding hydrogens is 485 g/mol. The summed E-state index contributed by atoms with van der Waals surface area (Å²) in [6.45, 7) is 0.0686. The normalized spacial score (nSPS) is 35.5. The van der Waals surface area contributed by atoms with E-state index in [0.29, 0.717) is 0 Å². The van der Waals surface area contributed by atoms with Gasteiger partial charge in [0.05, 0.1) is 25.4 Å². The van der Waals surface area contributed by atoms with Crippen LogP contribution in [-0.2, 0) is 23.1 Å². The number of azide groups is 1. The minimum absolute atomic E-state index is 0.000272. The van der Waals surface area contributed by atoms with Gasteiger partial charge in [0.1, 0.15) is 30.6 Å². The third-order valence-corrected chi connectivity index (χ3v) is 6.30. The number of hydrogen-bond donors (Lipinski definition) is 6. The maximum absolute atomic E-state index is 12.2. The Kier molecular flexibility index (Phi) is 8.28. The molecule has 0 amide bonds. The highest BCUT2D eigenvalue weighted by molar-refractivity contribution is 7.47. The largest absolute Gasteiger partial charge is 0.472 e. The number of phosphoric acid groups is 1. The first kappa shape index (κ1) is 26.5. The third kappa shape index (κ3) is 5.91. The molecule has 1 aromatic heterocycles. The molecule has 9 atom stereocenters. The zero-order chi connectivity index (χ0) is 25.2. The molecule has 6 N–H and O–H groups in total. The maximum atomic E-state index is 12.2. The number of ether oxygens (including phenoxy) is 2. The monoisotopic (exact) mass is 509 g/mol. The summed E-state index contributed by atoms with van der Waals surface area (Å²) in [6, 6.07) is -0.899. The second-order valence-electron chi connectivity index (χ2n) is 7.71. The van der Waals surface area contributed by atoms with E-state index in [1.807, 2.05) is 0 Å². The number of aliphatic hydroxyl groups excluding tert-OH is 4. The fourth-order valence-corrected chi connectivity index (χ4v) is 4.21. The summed E-state index contributed by atoms with van der Waals surface area (Å²) < 4.78 is 33.4. The average molecular weight is 509 g/mol. The van der Waals surface area contributed by atoms with Gasteiger partial charge in [-0.05, 0) is 12.5 Å². The van der Waals surface area contributed by atoms with E-state index in [4.69, 9.17) is 24.1 Å². The molecule has 2 aliphatic heterocycles. The van der Waals surface area contributed by atoms with Crippen LogP contribution in [0.25, 0.3) is 10.4 Å². The van der Waals surface area contributed by atoms with Crippen molar-refractivity contribution in [3.63, 3.8) is 0 Å². The summed E-state index contributed by atoms with van der Waals surface area (Å²) in [5, 5.41) is 42.0. The number of nitrogens with one attached hydrogen (secondary N) is 1. The van der Waals surface area contributed by atoms with Crippen molar-refractivity contribution in [3.05, 3.63) is 43.0 Å². The number of aliphatic hydroxyl groups is 4. The van der Waals surface area contributed by atoms with Crippen molar-refractivity contribution in [2.45, 2.75) is 62.4 Å². The highest BCUT2D eigenvalue weighted by Crippen LogP contribution is 2.45. The molecule has 0 bridgehead atoms. The van der Waals surface area contributed by atoms with Crippen LogP contribution in [0, 0.1) is 6.92 Å². The maximum Gasteiger partial charge on any atom is 0.472 e. The fraction of sp³-hybridized carbons (Fsp3) is 0.750. The van der Waals surface area contributed by atoms with Crippen LogP contribution < -0.4 is 11.2 Å². The molecular formula is C16H24N5O12P. The van der Waals surface area contributed by atoms with E-state index in [2.05, 4.69) is 15.0 Å². The van der Waals surface area contributed by atoms with Crippen molar-refractivity contribution >= 4 is 7.82 Å². The minimum atomic E-state index is -4.80. The Balaban J connectivity index is 1.62. The topological polar surface area (TPSA) is 259 Å². The number of aromatic amines is 1. The van der Waals surface area contributed by atoms with Crippen LogP contribution in [0.4, 0.5) is 0 Å². The lowest BCUT2D eigenvalue weighted by molar-refractivity contribution is -0.285. The lowest BCUT2D eigenvalue weighted by Gasteiger charge is -2.38. The molecule has 17 nitrogen and oxygen atoms in total. The van der Waals surface area contributed by atoms with E-state index in [0.717, 1.165) is 4.57 Å². The number of hydrogen-bond acceptors (Lipinski definition) is 12. The Morgan fingerprint density at radius 2 is 1.82 bits per heavy atom. The molecule has 0 aromatic carbocycles. The molecule has 1 aromatic rings. The van der Waals surface area contributed by atoms with Gasteiger partial charge in [-0.2, -0.15) is 0 Å². The van der Waals surface area contributed by atoms with Gasteiger partial charge in [0.25, 0.3) is 5.56 Å². The highest BCUT2D eigenvalue weighted by Gasteiger charge is 2.44. The van der Waals surface area contributed by atoms with Crippen LogP contribution >= 0.6 is 7.82 Å². The van der Waals surface area contributed by atoms with Crippen LogP contribution in [0.2, 0.25) is 0 Å². The Bertz CT molecular complexity index is 1090. The van der Waals surface area contributed by atoms with Gasteiger partial charge in [-0.1, -0.05) is 5.11 Å². The van der Waals surface area contributed by atoms with Gasteiger partial charge in [0.15, 0.2) is 6.29 Å². The molecule has 0 radical (unpaired) electrons. The summed E-state index contributed by atoms with van der Waals surface area (Å²) in [5.41, 5.74) is 7.68. The molecule has 2 fully saturated rings. The standard InChI is InChI=1S/C16H24N5O12P/c1-6-3-21(16(27)18-14(6)25)10-2-7(19-20-17)8(32-10)4-30-34(28,29)31-5-9-11(22)12(23)13(24)15(26)33-9/h3,7-13,15,22-24,26H,2,4-5H2,1H3,(H,28,29)(H,18,25,27)/t7-,8+,9+,10+,11+,12-,13+,15?/m0/s1. The van der Waals surface area contributed by atoms with Crippen molar-refractivity contribution in [3.8, 4) is 0 Å². The molecule has 2 saturated heterocycles. The van der Waals surface area contributed by atoms with Gasteiger partial charge in [0, 0.05) is 23.1 Å². The van der Waals surface area contributed by atoms with Gasteiger partial charge >= 0.3 is 13.5 Å². The fourth-order valence-electron chi connectivity index (χ4n) is 3.46. The highest BCUT2D eigenvalue weighted by atomic mass is 31.2. The molecule has 0 aliphatic carbocycles. The van der Waals surface area contributed by atoms with Crippen molar-refractivity contribution in [1.29, 1.82) is 0 Å². The number of phosphoric ester groups is 1. The van der Waals surface area contributed by atoms with Crippen molar-refractivity contribution in [2.24, 2.45) is 5.11 Å². The number of aryl methyl sites for hydroxylation is 1. The summed E-state index contributed by atoms with van der Waals surface area (Å²) in [5.74, 6) is 0. The molecule has 34 heavy (non-hydrogen) atoms. The number of aromatic nitrogens is 2. The van der Waals surface area contributed by atoms with Crippen LogP contribution in [0.15, 0.2) is 20.9 Å². The number of rotatable bonds is 8. The van der Waals surface area contributed by atoms with Crippen LogP contribution in [0.3, 0.4) is 0 Å². The van der Waals surface area contributed by atoms with E-state index >= 15 is 0 Å². The summed E-state index contributed by atoms with van der Waals surface area (Å²) in [7, 11) is -4.80. The van der Waals surface area contributed by atoms with E-state index in [-0.39, 0.29) is 12.0 Å². The zero-order valence-corrected chi connectivity index (χ0v) is 18.5. The Morgan fingerprint density at radius 3 is 2.47 bits per heavy atom. The molecule has 2 unspecified atom stereocenters. The van der Waals surface area contributed by atoms with Gasteiger partial charge in [-0.3, -0.25) is 23.4 Å². The Morgan fingerprint density at radius 1 is 1.18 bits per heavy atom. The van der Waals surface area contributed by atoms with E-state index < -0.39 is 81.4 Å². The lowest BCUT2D eigenvalue weighted by Crippen LogP contribution is -2.58. The van der Waals surface area contributed by atoms with Gasteiger partial charge in [-0.15, -0.1) is 0 Å². The molecule has 190 valence electrons. The van der Waals surface area contributed by atoms with E-state index in [1.165, 1.54) is 13.1 Å². The first-order valence-corrected chi connectivity index (χ1v) is 11.4. The summed E-state index contributed by atoms with van der Waals surface area (Å²) in [4.78, 5) is 38.4. The third-order valence-electron chi connectivity index (χ3n) is 5.35. The first-order valence-electron chi connectivity index (χ1n) is 9.95. The summed E-state index contributed by atoms with van der Waals surface area (Å²) in [6.07, 6.45) is -9.40. The molecule has 0 spiro atoms. The molecule has 3 heterocycles. The predicted molar refractivity (Wildman–Crippen MR) is 108 cm³/mol. The van der Waals surface area contributed by atoms with Crippen molar-refractivity contribution in [2.75, 3.05) is 13.2 Å². The van der Waals surface area contributed by atoms with Crippen molar-refractivity contribution < 1.29 is 48.4 Å². The molecule has 18 heteroatoms. The molecule has 2 aliphatic rings. The smallest absolute Gasteiger partial charge is 0.387 e. The Labute approximate surface area is 190 Å². The van der Waals surface area contributed by atoms with Crippen LogP contribution in [0.5, 0.6) is 0 Å².